The highest BCUT2D eigenvalue weighted by Crippen LogP contribution is 1.94. The van der Waals surface area contributed by atoms with E-state index in [0.717, 1.165) is 0 Å². The fourth-order valence-corrected chi connectivity index (χ4v) is 0.459. The Bertz CT molecular complexity index is 91.0. The molecule has 2 N–H and O–H groups in total. The molecule has 0 aliphatic carbocycles. The van der Waals surface area contributed by atoms with Gasteiger partial charge in [-0.1, -0.05) is 0 Å². The Morgan fingerprint density at radius 1 is 1.78 bits per heavy atom. The lowest BCUT2D eigenvalue weighted by Crippen LogP contribution is -2.23. The number of ether oxygens (including phenoxy) is 1. The van der Waals surface area contributed by atoms with Crippen LogP contribution in [-0.2, 0) is 9.53 Å². The van der Waals surface area contributed by atoms with Gasteiger partial charge in [0, 0.05) is 20.1 Å². The average molecular weight is 134 g/mol. The molecule has 0 aromatic rings. The van der Waals surface area contributed by atoms with Crippen LogP contribution in [0.5, 0.6) is 0 Å². The molecule has 0 heterocycles. The zero-order valence-corrected chi connectivity index (χ0v) is 5.20. The molecule has 0 radical (unpaired) electrons. The Balaban J connectivity index is 3.54. The molecule has 1 unspecified atom stereocenters. The number of aliphatic hydroxyl groups excluding tert-OH is 1. The second-order valence-corrected chi connectivity index (χ2v) is 1.57. The second-order valence-electron chi connectivity index (χ2n) is 1.57. The predicted octanol–water partition coefficient (Wildman–Crippen LogP) is -0.532. The molecule has 1 atom stereocenters. The van der Waals surface area contributed by atoms with E-state index in [1.165, 1.54) is 7.11 Å². The van der Waals surface area contributed by atoms with Crippen LogP contribution in [-0.4, -0.2) is 36.0 Å². The molecule has 0 amide bonds. The van der Waals surface area contributed by atoms with Crippen molar-refractivity contribution in [2.24, 2.45) is 0 Å². The van der Waals surface area contributed by atoms with E-state index in [1.807, 2.05) is 0 Å². The number of hydrogen-bond donors (Lipinski definition) is 2. The monoisotopic (exact) mass is 134 g/mol. The lowest BCUT2D eigenvalue weighted by molar-refractivity contribution is -0.149. The van der Waals surface area contributed by atoms with Crippen LogP contribution >= 0.6 is 0 Å². The van der Waals surface area contributed by atoms with Crippen LogP contribution in [0.2, 0.25) is 0 Å². The molecule has 0 rings (SSSR count). The molecule has 0 aliphatic rings. The highest BCUT2D eigenvalue weighted by atomic mass is 16.5. The summed E-state index contributed by atoms with van der Waals surface area (Å²) in [4.78, 5) is 10.1. The first-order valence-corrected chi connectivity index (χ1v) is 2.58. The van der Waals surface area contributed by atoms with E-state index >= 15 is 0 Å². The topological polar surface area (TPSA) is 66.8 Å². The predicted molar refractivity (Wildman–Crippen MR) is 30.1 cm³/mol. The van der Waals surface area contributed by atoms with Gasteiger partial charge < -0.3 is 14.9 Å². The Labute approximate surface area is 53.1 Å². The number of rotatable bonds is 4. The fourth-order valence-electron chi connectivity index (χ4n) is 0.459. The maximum absolute atomic E-state index is 10.1. The van der Waals surface area contributed by atoms with Crippen molar-refractivity contribution in [2.75, 3.05) is 13.7 Å². The van der Waals surface area contributed by atoms with Gasteiger partial charge in [0.05, 0.1) is 0 Å². The third-order valence-corrected chi connectivity index (χ3v) is 0.951. The van der Waals surface area contributed by atoms with Gasteiger partial charge >= 0.3 is 5.97 Å². The van der Waals surface area contributed by atoms with E-state index < -0.39 is 12.1 Å². The first kappa shape index (κ1) is 8.39. The van der Waals surface area contributed by atoms with Crippen molar-refractivity contribution in [3.63, 3.8) is 0 Å². The maximum Gasteiger partial charge on any atom is 0.332 e. The van der Waals surface area contributed by atoms with E-state index in [4.69, 9.17) is 10.2 Å². The molecule has 0 aromatic heterocycles. The molecule has 0 spiro atoms. The van der Waals surface area contributed by atoms with Gasteiger partial charge in [0.15, 0.2) is 6.10 Å². The molecule has 0 saturated heterocycles. The van der Waals surface area contributed by atoms with Crippen molar-refractivity contribution in [2.45, 2.75) is 12.5 Å². The Hall–Kier alpha value is -0.610. The van der Waals surface area contributed by atoms with E-state index in [9.17, 15) is 4.79 Å². The van der Waals surface area contributed by atoms with E-state index in [-0.39, 0.29) is 13.0 Å². The summed E-state index contributed by atoms with van der Waals surface area (Å²) in [6.07, 6.45) is -0.721. The highest BCUT2D eigenvalue weighted by Gasteiger charge is 2.14. The lowest BCUT2D eigenvalue weighted by atomic mass is 10.3. The summed E-state index contributed by atoms with van der Waals surface area (Å²) in [7, 11) is 1.30. The molecule has 0 aliphatic heterocycles. The molecular formula is C5H10O4. The number of carboxylic acid groups (broad SMARTS) is 1. The van der Waals surface area contributed by atoms with E-state index in [0.29, 0.717) is 0 Å². The number of hydrogen-bond acceptors (Lipinski definition) is 3. The number of aliphatic hydroxyl groups is 1. The van der Waals surface area contributed by atoms with Crippen LogP contribution in [0.1, 0.15) is 6.42 Å². The minimum atomic E-state index is -1.04. The summed E-state index contributed by atoms with van der Waals surface area (Å²) in [6.45, 7) is -0.162. The summed E-state index contributed by atoms with van der Waals surface area (Å²) in [5.41, 5.74) is 0. The van der Waals surface area contributed by atoms with Crippen LogP contribution in [0.4, 0.5) is 0 Å². The third kappa shape index (κ3) is 3.05. The molecule has 0 fully saturated rings. The molecule has 4 heteroatoms. The van der Waals surface area contributed by atoms with Crippen LogP contribution in [0.15, 0.2) is 0 Å². The number of carbonyl (C=O) groups is 1. The fraction of sp³-hybridized carbons (Fsp3) is 0.800. The Kier molecular flexibility index (Phi) is 4.00. The third-order valence-electron chi connectivity index (χ3n) is 0.951. The van der Waals surface area contributed by atoms with Crippen LogP contribution < -0.4 is 0 Å². The van der Waals surface area contributed by atoms with Crippen molar-refractivity contribution in [1.29, 1.82) is 0 Å². The average Bonchev–Trinajstić information content (AvgIpc) is 1.82. The minimum absolute atomic E-state index is 0.145. The number of methoxy groups -OCH3 is 1. The maximum atomic E-state index is 10.1. The van der Waals surface area contributed by atoms with Gasteiger partial charge in [-0.2, -0.15) is 0 Å². The van der Waals surface area contributed by atoms with E-state index in [1.54, 1.807) is 0 Å². The van der Waals surface area contributed by atoms with Crippen molar-refractivity contribution < 1.29 is 19.7 Å². The molecule has 0 aromatic carbocycles. The lowest BCUT2D eigenvalue weighted by Gasteiger charge is -2.06. The molecule has 54 valence electrons. The Morgan fingerprint density at radius 3 is 2.44 bits per heavy atom. The molecule has 0 saturated carbocycles. The zero-order chi connectivity index (χ0) is 7.28. The summed E-state index contributed by atoms with van der Waals surface area (Å²) in [6, 6.07) is 0. The van der Waals surface area contributed by atoms with E-state index in [2.05, 4.69) is 4.74 Å². The smallest absolute Gasteiger partial charge is 0.332 e. The summed E-state index contributed by atoms with van der Waals surface area (Å²) >= 11 is 0. The molecule has 9 heavy (non-hydrogen) atoms. The molecule has 0 bridgehead atoms. The summed E-state index contributed by atoms with van der Waals surface area (Å²) < 4.78 is 4.49. The second kappa shape index (κ2) is 4.29. The van der Waals surface area contributed by atoms with Gasteiger partial charge in [-0.15, -0.1) is 0 Å². The highest BCUT2D eigenvalue weighted by molar-refractivity contribution is 5.72. The summed E-state index contributed by atoms with van der Waals surface area (Å²) in [5, 5.41) is 16.5. The molecule has 4 nitrogen and oxygen atoms in total. The Morgan fingerprint density at radius 2 is 2.33 bits per heavy atom. The van der Waals surface area contributed by atoms with Crippen LogP contribution in [0.3, 0.4) is 0 Å². The van der Waals surface area contributed by atoms with Crippen LogP contribution in [0.25, 0.3) is 0 Å². The molecular weight excluding hydrogens is 124 g/mol. The minimum Gasteiger partial charge on any atom is -0.479 e. The first-order chi connectivity index (χ1) is 4.22. The number of carboxylic acids is 1. The zero-order valence-electron chi connectivity index (χ0n) is 5.20. The van der Waals surface area contributed by atoms with Gasteiger partial charge in [-0.3, -0.25) is 0 Å². The van der Waals surface area contributed by atoms with Crippen molar-refractivity contribution in [1.82, 2.24) is 0 Å². The largest absolute Gasteiger partial charge is 0.479 e. The first-order valence-electron chi connectivity index (χ1n) is 2.58. The SMILES string of the molecule is COC(CCO)C(=O)O. The van der Waals surface area contributed by atoms with Crippen molar-refractivity contribution >= 4 is 5.97 Å². The normalized spacial score (nSPS) is 13.1. The van der Waals surface area contributed by atoms with Gasteiger partial charge in [-0.25, -0.2) is 4.79 Å². The van der Waals surface area contributed by atoms with Crippen LogP contribution in [0, 0.1) is 0 Å². The quantitative estimate of drug-likeness (QED) is 0.542. The van der Waals surface area contributed by atoms with Gasteiger partial charge in [-0.05, 0) is 0 Å². The van der Waals surface area contributed by atoms with Crippen molar-refractivity contribution in [3.8, 4) is 0 Å². The van der Waals surface area contributed by atoms with Crippen molar-refractivity contribution in [3.05, 3.63) is 0 Å². The standard InChI is InChI=1S/C5H10O4/c1-9-4(2-3-6)5(7)8/h4,6H,2-3H2,1H3,(H,7,8). The van der Waals surface area contributed by atoms with Gasteiger partial charge in [0.2, 0.25) is 0 Å². The summed E-state index contributed by atoms with van der Waals surface area (Å²) in [5.74, 6) is -1.04. The number of aliphatic carboxylic acids is 1. The van der Waals surface area contributed by atoms with Gasteiger partial charge in [0.25, 0.3) is 0 Å². The van der Waals surface area contributed by atoms with Gasteiger partial charge in [0.1, 0.15) is 0 Å².